The third-order valence-corrected chi connectivity index (χ3v) is 1.16. The van der Waals surface area contributed by atoms with E-state index in [0.717, 1.165) is 12.1 Å². The molecule has 0 spiro atoms. The number of hydrogen-bond acceptors (Lipinski definition) is 1. The van der Waals surface area contributed by atoms with Crippen molar-refractivity contribution in [1.29, 1.82) is 0 Å². The molecule has 1 aromatic carbocycles. The summed E-state index contributed by atoms with van der Waals surface area (Å²) in [5.41, 5.74) is -0.522. The quantitative estimate of drug-likeness (QED) is 0.707. The maximum atomic E-state index is 12.5. The standard InChI is InChI=1S/C7H4F2O2.C3H6/c8-4-1-2-5(7(10)11)6(9)3-4;1-3-2/h1-3H,(H,10,11);3H,1H2,2H3. The summed E-state index contributed by atoms with van der Waals surface area (Å²) in [5.74, 6) is -3.24. The fourth-order valence-corrected chi connectivity index (χ4v) is 0.663. The fourth-order valence-electron chi connectivity index (χ4n) is 0.663. The zero-order valence-corrected chi connectivity index (χ0v) is 7.63. The van der Waals surface area contributed by atoms with E-state index in [9.17, 15) is 13.6 Å². The van der Waals surface area contributed by atoms with Crippen LogP contribution in [0, 0.1) is 11.6 Å². The molecule has 0 atom stereocenters. The number of rotatable bonds is 1. The summed E-state index contributed by atoms with van der Waals surface area (Å²) in [4.78, 5) is 10.2. The van der Waals surface area contributed by atoms with Gasteiger partial charge in [-0.1, -0.05) is 6.08 Å². The Morgan fingerprint density at radius 3 is 2.36 bits per heavy atom. The van der Waals surface area contributed by atoms with Gasteiger partial charge < -0.3 is 5.11 Å². The molecule has 0 aliphatic carbocycles. The second kappa shape index (κ2) is 5.85. The first-order valence-corrected chi connectivity index (χ1v) is 3.78. The minimum absolute atomic E-state index is 0.522. The highest BCUT2D eigenvalue weighted by Crippen LogP contribution is 2.08. The van der Waals surface area contributed by atoms with Crippen molar-refractivity contribution in [2.24, 2.45) is 0 Å². The van der Waals surface area contributed by atoms with Crippen molar-refractivity contribution in [3.8, 4) is 0 Å². The lowest BCUT2D eigenvalue weighted by atomic mass is 10.2. The predicted molar refractivity (Wildman–Crippen MR) is 49.2 cm³/mol. The molecule has 0 amide bonds. The molecular weight excluding hydrogens is 190 g/mol. The van der Waals surface area contributed by atoms with Crippen molar-refractivity contribution >= 4 is 5.97 Å². The molecule has 2 nitrogen and oxygen atoms in total. The fraction of sp³-hybridized carbons (Fsp3) is 0.100. The Bertz CT molecular complexity index is 335. The van der Waals surface area contributed by atoms with Gasteiger partial charge in [-0.2, -0.15) is 0 Å². The molecule has 0 bridgehead atoms. The second-order valence-corrected chi connectivity index (χ2v) is 2.34. The molecule has 0 heterocycles. The number of carboxylic acids is 1. The number of carbonyl (C=O) groups is 1. The van der Waals surface area contributed by atoms with E-state index in [0.29, 0.717) is 6.07 Å². The van der Waals surface area contributed by atoms with Crippen molar-refractivity contribution in [1.82, 2.24) is 0 Å². The smallest absolute Gasteiger partial charge is 0.338 e. The SMILES string of the molecule is C=CC.O=C(O)c1ccc(F)cc1F. The predicted octanol–water partition coefficient (Wildman–Crippen LogP) is 2.86. The van der Waals surface area contributed by atoms with Gasteiger partial charge in [-0.25, -0.2) is 13.6 Å². The van der Waals surface area contributed by atoms with Gasteiger partial charge in [0.2, 0.25) is 0 Å². The first-order valence-electron chi connectivity index (χ1n) is 3.78. The number of halogens is 2. The summed E-state index contributed by atoms with van der Waals surface area (Å²) < 4.78 is 24.7. The lowest BCUT2D eigenvalue weighted by Crippen LogP contribution is -2.00. The maximum absolute atomic E-state index is 12.5. The van der Waals surface area contributed by atoms with E-state index in [-0.39, 0.29) is 0 Å². The number of allylic oxidation sites excluding steroid dienone is 1. The Balaban J connectivity index is 0.000000500. The van der Waals surface area contributed by atoms with E-state index >= 15 is 0 Å². The van der Waals surface area contributed by atoms with E-state index in [1.165, 1.54) is 0 Å². The van der Waals surface area contributed by atoms with Gasteiger partial charge in [0.15, 0.2) is 0 Å². The van der Waals surface area contributed by atoms with Crippen LogP contribution in [0.3, 0.4) is 0 Å². The van der Waals surface area contributed by atoms with Crippen LogP contribution in [-0.4, -0.2) is 11.1 Å². The molecule has 0 aliphatic rings. The number of hydrogen-bond donors (Lipinski definition) is 1. The van der Waals surface area contributed by atoms with E-state index in [4.69, 9.17) is 5.11 Å². The van der Waals surface area contributed by atoms with Gasteiger partial charge >= 0.3 is 5.97 Å². The van der Waals surface area contributed by atoms with Crippen molar-refractivity contribution in [3.63, 3.8) is 0 Å². The van der Waals surface area contributed by atoms with Gasteiger partial charge in [0.05, 0.1) is 5.56 Å². The summed E-state index contributed by atoms with van der Waals surface area (Å²) in [6.07, 6.45) is 1.75. The molecule has 1 rings (SSSR count). The monoisotopic (exact) mass is 200 g/mol. The molecule has 0 radical (unpaired) electrons. The van der Waals surface area contributed by atoms with Crippen LogP contribution >= 0.6 is 0 Å². The van der Waals surface area contributed by atoms with Gasteiger partial charge in [0.25, 0.3) is 0 Å². The van der Waals surface area contributed by atoms with Gasteiger partial charge in [-0.3, -0.25) is 0 Å². The van der Waals surface area contributed by atoms with Crippen molar-refractivity contribution in [3.05, 3.63) is 48.1 Å². The Labute approximate surface area is 80.5 Å². The van der Waals surface area contributed by atoms with Crippen LogP contribution in [0.25, 0.3) is 0 Å². The Morgan fingerprint density at radius 2 is 2.00 bits per heavy atom. The third-order valence-electron chi connectivity index (χ3n) is 1.16. The molecular formula is C10H10F2O2. The topological polar surface area (TPSA) is 37.3 Å². The Hall–Kier alpha value is -1.71. The molecule has 14 heavy (non-hydrogen) atoms. The normalized spacial score (nSPS) is 8.50. The molecule has 76 valence electrons. The highest BCUT2D eigenvalue weighted by molar-refractivity contribution is 5.87. The Morgan fingerprint density at radius 1 is 1.50 bits per heavy atom. The molecule has 1 N–H and O–H groups in total. The van der Waals surface area contributed by atoms with Gasteiger partial charge in [0.1, 0.15) is 11.6 Å². The van der Waals surface area contributed by atoms with Crippen molar-refractivity contribution in [2.75, 3.05) is 0 Å². The van der Waals surface area contributed by atoms with Crippen LogP contribution in [0.4, 0.5) is 8.78 Å². The van der Waals surface area contributed by atoms with Gasteiger partial charge in [-0.05, 0) is 19.1 Å². The van der Waals surface area contributed by atoms with Crippen molar-refractivity contribution in [2.45, 2.75) is 6.92 Å². The molecule has 1 aromatic rings. The van der Waals surface area contributed by atoms with Crippen LogP contribution in [0.15, 0.2) is 30.9 Å². The van der Waals surface area contributed by atoms with E-state index < -0.39 is 23.2 Å². The van der Waals surface area contributed by atoms with E-state index in [1.54, 1.807) is 6.08 Å². The van der Waals surface area contributed by atoms with Crippen molar-refractivity contribution < 1.29 is 18.7 Å². The third kappa shape index (κ3) is 3.80. The molecule has 0 fully saturated rings. The first kappa shape index (κ1) is 12.3. The summed E-state index contributed by atoms with van der Waals surface area (Å²) in [5, 5.41) is 8.29. The summed E-state index contributed by atoms with van der Waals surface area (Å²) in [7, 11) is 0. The Kier molecular flexibility index (Phi) is 5.14. The highest BCUT2D eigenvalue weighted by atomic mass is 19.1. The summed E-state index contributed by atoms with van der Waals surface area (Å²) in [6, 6.07) is 2.31. The zero-order chi connectivity index (χ0) is 11.1. The molecule has 0 saturated carbocycles. The van der Waals surface area contributed by atoms with Gasteiger partial charge in [0, 0.05) is 6.07 Å². The van der Waals surface area contributed by atoms with Crippen LogP contribution in [0.2, 0.25) is 0 Å². The highest BCUT2D eigenvalue weighted by Gasteiger charge is 2.09. The molecule has 0 saturated heterocycles. The molecule has 4 heteroatoms. The lowest BCUT2D eigenvalue weighted by Gasteiger charge is -1.94. The average Bonchev–Trinajstić information content (AvgIpc) is 2.04. The minimum atomic E-state index is -1.40. The van der Waals surface area contributed by atoms with E-state index in [1.807, 2.05) is 6.92 Å². The lowest BCUT2D eigenvalue weighted by molar-refractivity contribution is 0.0692. The van der Waals surface area contributed by atoms with Crippen LogP contribution < -0.4 is 0 Å². The summed E-state index contributed by atoms with van der Waals surface area (Å²) >= 11 is 0. The van der Waals surface area contributed by atoms with E-state index in [2.05, 4.69) is 6.58 Å². The number of aromatic carboxylic acids is 1. The molecule has 0 aliphatic heterocycles. The second-order valence-electron chi connectivity index (χ2n) is 2.34. The largest absolute Gasteiger partial charge is 0.478 e. The minimum Gasteiger partial charge on any atom is -0.478 e. The molecule has 0 aromatic heterocycles. The first-order chi connectivity index (χ1) is 6.52. The average molecular weight is 200 g/mol. The van der Waals surface area contributed by atoms with Crippen LogP contribution in [0.1, 0.15) is 17.3 Å². The maximum Gasteiger partial charge on any atom is 0.338 e. The van der Waals surface area contributed by atoms with Gasteiger partial charge in [-0.15, -0.1) is 6.58 Å². The summed E-state index contributed by atoms with van der Waals surface area (Å²) in [6.45, 7) is 5.25. The number of carboxylic acid groups (broad SMARTS) is 1. The zero-order valence-electron chi connectivity index (χ0n) is 7.63. The van der Waals surface area contributed by atoms with Crippen LogP contribution in [-0.2, 0) is 0 Å². The molecule has 0 unspecified atom stereocenters. The van der Waals surface area contributed by atoms with Crippen LogP contribution in [0.5, 0.6) is 0 Å². The number of benzene rings is 1.